The predicted octanol–water partition coefficient (Wildman–Crippen LogP) is 3.00. The average Bonchev–Trinajstić information content (AvgIpc) is 2.86. The monoisotopic (exact) mass is 287 g/mol. The Morgan fingerprint density at radius 3 is 2.52 bits per heavy atom. The number of carbonyl (C=O) groups is 2. The van der Waals surface area contributed by atoms with E-state index in [0.29, 0.717) is 6.42 Å². The Morgan fingerprint density at radius 2 is 1.86 bits per heavy atom. The number of benzene rings is 1. The van der Waals surface area contributed by atoms with Crippen LogP contribution in [0.25, 0.3) is 0 Å². The standard InChI is InChI=1S/C17H21NO3/c1-17(9-5-2-6-10-17)16(21)18-13-8-4-3-7-12(13)11-14(18)15(19)20/h3-4,7-8,14H,2,5-6,9-11H2,1H3,(H,19,20). The lowest BCUT2D eigenvalue weighted by Crippen LogP contribution is -2.50. The summed E-state index contributed by atoms with van der Waals surface area (Å²) in [6.07, 6.45) is 5.40. The van der Waals surface area contributed by atoms with Crippen LogP contribution in [0, 0.1) is 5.41 Å². The Balaban J connectivity index is 1.97. The van der Waals surface area contributed by atoms with Crippen molar-refractivity contribution in [3.05, 3.63) is 29.8 Å². The van der Waals surface area contributed by atoms with Gasteiger partial charge in [-0.2, -0.15) is 0 Å². The van der Waals surface area contributed by atoms with Gasteiger partial charge < -0.3 is 5.11 Å². The van der Waals surface area contributed by atoms with Crippen LogP contribution in [0.15, 0.2) is 24.3 Å². The van der Waals surface area contributed by atoms with Crippen LogP contribution in [-0.4, -0.2) is 23.0 Å². The highest BCUT2D eigenvalue weighted by atomic mass is 16.4. The third-order valence-electron chi connectivity index (χ3n) is 4.95. The Kier molecular flexibility index (Phi) is 3.47. The first kappa shape index (κ1) is 14.1. The zero-order valence-electron chi connectivity index (χ0n) is 12.3. The van der Waals surface area contributed by atoms with Gasteiger partial charge >= 0.3 is 5.97 Å². The van der Waals surface area contributed by atoms with Gasteiger partial charge in [0.25, 0.3) is 0 Å². The average molecular weight is 287 g/mol. The fourth-order valence-electron chi connectivity index (χ4n) is 3.67. The van der Waals surface area contributed by atoms with Crippen LogP contribution >= 0.6 is 0 Å². The van der Waals surface area contributed by atoms with Crippen LogP contribution in [0.5, 0.6) is 0 Å². The van der Waals surface area contributed by atoms with Gasteiger partial charge in [0.15, 0.2) is 0 Å². The van der Waals surface area contributed by atoms with Crippen LogP contribution in [0.1, 0.15) is 44.6 Å². The highest BCUT2D eigenvalue weighted by molar-refractivity contribution is 6.04. The molecule has 1 aliphatic carbocycles. The van der Waals surface area contributed by atoms with Crippen molar-refractivity contribution in [2.24, 2.45) is 5.41 Å². The normalized spacial score (nSPS) is 23.7. The molecule has 4 nitrogen and oxygen atoms in total. The maximum Gasteiger partial charge on any atom is 0.327 e. The summed E-state index contributed by atoms with van der Waals surface area (Å²) in [5.74, 6) is -0.932. The molecule has 0 radical (unpaired) electrons. The van der Waals surface area contributed by atoms with Crippen LogP contribution in [0.3, 0.4) is 0 Å². The molecule has 1 unspecified atom stereocenters. The van der Waals surface area contributed by atoms with E-state index in [1.807, 2.05) is 31.2 Å². The summed E-state index contributed by atoms with van der Waals surface area (Å²) in [5, 5.41) is 9.49. The van der Waals surface area contributed by atoms with E-state index in [4.69, 9.17) is 0 Å². The number of nitrogens with zero attached hydrogens (tertiary/aromatic N) is 1. The molecule has 4 heteroatoms. The van der Waals surface area contributed by atoms with Gasteiger partial charge in [-0.3, -0.25) is 9.69 Å². The predicted molar refractivity (Wildman–Crippen MR) is 80.2 cm³/mol. The molecule has 1 saturated carbocycles. The second-order valence-corrected chi connectivity index (χ2v) is 6.48. The first-order valence-electron chi connectivity index (χ1n) is 7.67. The Bertz CT molecular complexity index is 575. The smallest absolute Gasteiger partial charge is 0.327 e. The molecule has 0 bridgehead atoms. The van der Waals surface area contributed by atoms with Gasteiger partial charge in [-0.05, 0) is 24.5 Å². The topological polar surface area (TPSA) is 57.6 Å². The first-order valence-corrected chi connectivity index (χ1v) is 7.67. The number of anilines is 1. The van der Waals surface area contributed by atoms with E-state index in [2.05, 4.69) is 0 Å². The number of amides is 1. The number of carbonyl (C=O) groups excluding carboxylic acids is 1. The second-order valence-electron chi connectivity index (χ2n) is 6.48. The molecule has 0 saturated heterocycles. The number of carboxylic acid groups (broad SMARTS) is 1. The lowest BCUT2D eigenvalue weighted by molar-refractivity contribution is -0.141. The third-order valence-corrected chi connectivity index (χ3v) is 4.95. The first-order chi connectivity index (χ1) is 10.0. The van der Waals surface area contributed by atoms with E-state index in [0.717, 1.165) is 36.9 Å². The van der Waals surface area contributed by atoms with Crippen molar-refractivity contribution in [1.29, 1.82) is 0 Å². The van der Waals surface area contributed by atoms with E-state index in [-0.39, 0.29) is 5.91 Å². The molecule has 2 aliphatic rings. The fraction of sp³-hybridized carbons (Fsp3) is 0.529. The minimum Gasteiger partial charge on any atom is -0.480 e. The van der Waals surface area contributed by atoms with Crippen molar-refractivity contribution >= 4 is 17.6 Å². The van der Waals surface area contributed by atoms with Gasteiger partial charge in [0.2, 0.25) is 5.91 Å². The molecular formula is C17H21NO3. The van der Waals surface area contributed by atoms with Gasteiger partial charge in [0.1, 0.15) is 6.04 Å². The van der Waals surface area contributed by atoms with E-state index in [9.17, 15) is 14.7 Å². The summed E-state index contributed by atoms with van der Waals surface area (Å²) in [7, 11) is 0. The largest absolute Gasteiger partial charge is 0.480 e. The summed E-state index contributed by atoms with van der Waals surface area (Å²) >= 11 is 0. The molecule has 112 valence electrons. The number of rotatable bonds is 2. The molecule has 1 aliphatic heterocycles. The van der Waals surface area contributed by atoms with E-state index >= 15 is 0 Å². The van der Waals surface area contributed by atoms with E-state index in [1.165, 1.54) is 6.42 Å². The number of para-hydroxylation sites is 1. The molecular weight excluding hydrogens is 266 g/mol. The van der Waals surface area contributed by atoms with Gasteiger partial charge in [0, 0.05) is 17.5 Å². The molecule has 1 atom stereocenters. The Morgan fingerprint density at radius 1 is 1.19 bits per heavy atom. The van der Waals surface area contributed by atoms with Gasteiger partial charge in [0.05, 0.1) is 0 Å². The van der Waals surface area contributed by atoms with Crippen LogP contribution in [-0.2, 0) is 16.0 Å². The summed E-state index contributed by atoms with van der Waals surface area (Å²) in [6.45, 7) is 1.99. The highest BCUT2D eigenvalue weighted by Gasteiger charge is 2.45. The Hall–Kier alpha value is -1.84. The van der Waals surface area contributed by atoms with Crippen molar-refractivity contribution < 1.29 is 14.7 Å². The maximum absolute atomic E-state index is 13.1. The maximum atomic E-state index is 13.1. The number of hydrogen-bond acceptors (Lipinski definition) is 2. The quantitative estimate of drug-likeness (QED) is 0.909. The van der Waals surface area contributed by atoms with Crippen molar-refractivity contribution in [3.63, 3.8) is 0 Å². The molecule has 1 amide bonds. The van der Waals surface area contributed by atoms with Crippen molar-refractivity contribution in [2.45, 2.75) is 51.5 Å². The molecule has 1 heterocycles. The van der Waals surface area contributed by atoms with Gasteiger partial charge in [-0.15, -0.1) is 0 Å². The summed E-state index contributed by atoms with van der Waals surface area (Å²) in [6, 6.07) is 6.79. The Labute approximate surface area is 124 Å². The van der Waals surface area contributed by atoms with Crippen LogP contribution in [0.4, 0.5) is 5.69 Å². The molecule has 1 fully saturated rings. The van der Waals surface area contributed by atoms with Crippen LogP contribution < -0.4 is 4.90 Å². The third kappa shape index (κ3) is 2.33. The zero-order chi connectivity index (χ0) is 15.0. The molecule has 0 aromatic heterocycles. The van der Waals surface area contributed by atoms with E-state index in [1.54, 1.807) is 4.90 Å². The van der Waals surface area contributed by atoms with Crippen molar-refractivity contribution in [2.75, 3.05) is 4.90 Å². The van der Waals surface area contributed by atoms with Crippen molar-refractivity contribution in [3.8, 4) is 0 Å². The SMILES string of the molecule is CC1(C(=O)N2c3ccccc3CC2C(=O)O)CCCCC1. The van der Waals surface area contributed by atoms with Crippen LogP contribution in [0.2, 0.25) is 0 Å². The number of hydrogen-bond donors (Lipinski definition) is 1. The van der Waals surface area contributed by atoms with E-state index < -0.39 is 17.4 Å². The summed E-state index contributed by atoms with van der Waals surface area (Å²) < 4.78 is 0. The molecule has 1 aromatic rings. The number of fused-ring (bicyclic) bond motifs is 1. The molecule has 0 spiro atoms. The second kappa shape index (κ2) is 5.17. The van der Waals surface area contributed by atoms with Crippen molar-refractivity contribution in [1.82, 2.24) is 0 Å². The highest BCUT2D eigenvalue weighted by Crippen LogP contribution is 2.42. The summed E-state index contributed by atoms with van der Waals surface area (Å²) in [4.78, 5) is 26.2. The molecule has 1 N–H and O–H groups in total. The minimum absolute atomic E-state index is 0.0143. The lowest BCUT2D eigenvalue weighted by atomic mass is 9.74. The summed E-state index contributed by atoms with van der Waals surface area (Å²) in [5.41, 5.74) is 1.32. The van der Waals surface area contributed by atoms with Gasteiger partial charge in [-0.25, -0.2) is 4.79 Å². The lowest BCUT2D eigenvalue weighted by Gasteiger charge is -2.37. The number of aliphatic carboxylic acids is 1. The molecule has 1 aromatic carbocycles. The minimum atomic E-state index is -0.918. The molecule has 21 heavy (non-hydrogen) atoms. The number of carboxylic acids is 1. The fourth-order valence-corrected chi connectivity index (χ4v) is 3.67. The van der Waals surface area contributed by atoms with Gasteiger partial charge in [-0.1, -0.05) is 44.4 Å². The zero-order valence-corrected chi connectivity index (χ0v) is 12.3. The molecule has 3 rings (SSSR count).